The zero-order chi connectivity index (χ0) is 27.4. The van der Waals surface area contributed by atoms with E-state index in [9.17, 15) is 14.4 Å². The van der Waals surface area contributed by atoms with Crippen molar-refractivity contribution in [1.82, 2.24) is 9.88 Å². The Morgan fingerprint density at radius 2 is 1.84 bits per heavy atom. The van der Waals surface area contributed by atoms with Gasteiger partial charge in [-0.25, -0.2) is 0 Å². The molecule has 3 aromatic carbocycles. The number of rotatable bonds is 8. The molecule has 4 aromatic rings. The van der Waals surface area contributed by atoms with Gasteiger partial charge >= 0.3 is 0 Å². The van der Waals surface area contributed by atoms with Crippen LogP contribution in [0.2, 0.25) is 5.02 Å². The minimum absolute atomic E-state index is 0.145. The minimum Gasteiger partial charge on any atom is -0.485 e. The molecule has 0 aliphatic heterocycles. The lowest BCUT2D eigenvalue weighted by Crippen LogP contribution is -2.20. The van der Waals surface area contributed by atoms with Crippen LogP contribution < -0.4 is 15.8 Å². The second-order valence-electron chi connectivity index (χ2n) is 9.13. The second kappa shape index (κ2) is 11.7. The summed E-state index contributed by atoms with van der Waals surface area (Å²) < 4.78 is 7.92. The summed E-state index contributed by atoms with van der Waals surface area (Å²) in [4.78, 5) is 34.9. The van der Waals surface area contributed by atoms with Crippen LogP contribution in [0.4, 0.5) is 0 Å². The van der Waals surface area contributed by atoms with E-state index in [0.29, 0.717) is 16.5 Å². The highest BCUT2D eigenvalue weighted by atomic mass is 35.5. The summed E-state index contributed by atoms with van der Waals surface area (Å²) in [5.41, 5.74) is 8.81. The van der Waals surface area contributed by atoms with Crippen molar-refractivity contribution in [3.05, 3.63) is 76.4 Å². The van der Waals surface area contributed by atoms with Gasteiger partial charge in [-0.05, 0) is 72.4 Å². The molecule has 1 aliphatic carbocycles. The van der Waals surface area contributed by atoms with Crippen LogP contribution >= 0.6 is 11.6 Å². The number of Topliss-reactive ketones (excluding diaryl/α,β-unsaturated/α-hetero) is 1. The first-order valence-corrected chi connectivity index (χ1v) is 12.8. The molecule has 0 radical (unpaired) electrons. The number of likely N-dealkylation sites (N-methyl/N-ethyl adjacent to an activating group) is 1. The van der Waals surface area contributed by atoms with Crippen LogP contribution in [0.1, 0.15) is 52.0 Å². The first-order valence-electron chi connectivity index (χ1n) is 12.4. The Labute approximate surface area is 225 Å². The molecule has 38 heavy (non-hydrogen) atoms. The molecule has 8 nitrogen and oxygen atoms in total. The van der Waals surface area contributed by atoms with Crippen LogP contribution in [0, 0.1) is 0 Å². The van der Waals surface area contributed by atoms with Gasteiger partial charge in [0.25, 0.3) is 5.91 Å². The fourth-order valence-corrected chi connectivity index (χ4v) is 4.50. The Morgan fingerprint density at radius 1 is 1.08 bits per heavy atom. The quantitative estimate of drug-likeness (QED) is 0.288. The average molecular weight is 536 g/mol. The zero-order valence-electron chi connectivity index (χ0n) is 21.3. The van der Waals surface area contributed by atoms with Gasteiger partial charge in [-0.3, -0.25) is 14.4 Å². The molecular weight excluding hydrogens is 506 g/mol. The van der Waals surface area contributed by atoms with Crippen LogP contribution in [0.25, 0.3) is 21.7 Å². The Hall–Kier alpha value is -3.88. The van der Waals surface area contributed by atoms with Gasteiger partial charge in [-0.15, -0.1) is 0 Å². The van der Waals surface area contributed by atoms with E-state index < -0.39 is 12.5 Å². The number of nitrogens with zero attached hydrogens (tertiary/aromatic N) is 1. The molecule has 4 N–H and O–H groups in total. The van der Waals surface area contributed by atoms with Gasteiger partial charge in [0, 0.05) is 41.3 Å². The Kier molecular flexibility index (Phi) is 8.34. The number of halogens is 1. The van der Waals surface area contributed by atoms with Crippen molar-refractivity contribution in [3.63, 3.8) is 0 Å². The molecule has 0 bridgehead atoms. The lowest BCUT2D eigenvalue weighted by atomic mass is 10.0. The lowest BCUT2D eigenvalue weighted by Gasteiger charge is -2.11. The van der Waals surface area contributed by atoms with Crippen LogP contribution in [0.15, 0.2) is 54.7 Å². The van der Waals surface area contributed by atoms with Crippen LogP contribution in [0.5, 0.6) is 5.75 Å². The molecular formula is C29H30ClN3O5. The summed E-state index contributed by atoms with van der Waals surface area (Å²) in [6.45, 7) is 2.23. The Bertz CT molecular complexity index is 1520. The first-order chi connectivity index (χ1) is 18.2. The maximum absolute atomic E-state index is 13.1. The van der Waals surface area contributed by atoms with Gasteiger partial charge in [0.15, 0.2) is 6.61 Å². The molecule has 0 spiro atoms. The van der Waals surface area contributed by atoms with Crippen molar-refractivity contribution in [2.24, 2.45) is 5.73 Å². The smallest absolute Gasteiger partial charge is 0.252 e. The predicted octanol–water partition coefficient (Wildman–Crippen LogP) is 4.43. The largest absolute Gasteiger partial charge is 0.485 e. The van der Waals surface area contributed by atoms with E-state index in [4.69, 9.17) is 27.2 Å². The van der Waals surface area contributed by atoms with E-state index in [1.807, 2.05) is 18.3 Å². The zero-order valence-corrected chi connectivity index (χ0v) is 22.0. The number of primary amides is 1. The maximum atomic E-state index is 13.1. The maximum Gasteiger partial charge on any atom is 0.252 e. The number of benzene rings is 3. The van der Waals surface area contributed by atoms with Gasteiger partial charge in [0.1, 0.15) is 12.4 Å². The van der Waals surface area contributed by atoms with Gasteiger partial charge in [0.2, 0.25) is 11.7 Å². The van der Waals surface area contributed by atoms with Crippen LogP contribution in [0.3, 0.4) is 0 Å². The Morgan fingerprint density at radius 3 is 2.45 bits per heavy atom. The molecule has 1 fully saturated rings. The number of carbonyl (C=O) groups is 3. The standard InChI is InChI=1S/C26H23ClN2O3.C3H7NO2/c1-2-29-13-22(20-8-6-16(11-23(20)29)15-3-4-15)24(30)14-32-25-12-17-5-7-19(27)9-18(17)10-21(25)26(28)31;1-4-3(6)2-5/h5-13,15H,2-4,14H2,1H3,(H2,28,31);5H,2H2,1H3,(H,4,6). The predicted molar refractivity (Wildman–Crippen MR) is 148 cm³/mol. The number of aliphatic hydroxyl groups is 1. The lowest BCUT2D eigenvalue weighted by molar-refractivity contribution is -0.123. The van der Waals surface area contributed by atoms with Gasteiger partial charge < -0.3 is 25.5 Å². The number of carbonyl (C=O) groups excluding carboxylic acids is 3. The number of aliphatic hydroxyl groups excluding tert-OH is 1. The number of nitrogens with one attached hydrogen (secondary N) is 1. The molecule has 198 valence electrons. The molecule has 1 saturated carbocycles. The van der Waals surface area contributed by atoms with Gasteiger partial charge in [-0.2, -0.15) is 0 Å². The number of hydrogen-bond donors (Lipinski definition) is 3. The third kappa shape index (κ3) is 5.98. The second-order valence-corrected chi connectivity index (χ2v) is 9.56. The highest BCUT2D eigenvalue weighted by Crippen LogP contribution is 2.41. The molecule has 0 saturated heterocycles. The van der Waals surface area contributed by atoms with Gasteiger partial charge in [0.05, 0.1) is 5.56 Å². The number of amides is 2. The summed E-state index contributed by atoms with van der Waals surface area (Å²) in [6, 6.07) is 15.1. The summed E-state index contributed by atoms with van der Waals surface area (Å²) >= 11 is 6.06. The van der Waals surface area contributed by atoms with Crippen molar-refractivity contribution >= 4 is 50.9 Å². The highest BCUT2D eigenvalue weighted by Gasteiger charge is 2.25. The number of fused-ring (bicyclic) bond motifs is 2. The number of aromatic nitrogens is 1. The molecule has 2 amide bonds. The average Bonchev–Trinajstić information content (AvgIpc) is 3.71. The summed E-state index contributed by atoms with van der Waals surface area (Å²) in [6.07, 6.45) is 4.36. The Balaban J connectivity index is 0.000000505. The van der Waals surface area contributed by atoms with E-state index in [1.54, 1.807) is 24.3 Å². The molecule has 5 rings (SSSR count). The minimum atomic E-state index is -0.621. The normalized spacial score (nSPS) is 12.6. The molecule has 0 atom stereocenters. The van der Waals surface area contributed by atoms with Crippen molar-refractivity contribution in [2.45, 2.75) is 32.2 Å². The molecule has 9 heteroatoms. The number of nitrogens with two attached hydrogens (primary N) is 1. The molecule has 1 aliphatic rings. The molecule has 1 aromatic heterocycles. The number of ketones is 1. The van der Waals surface area contributed by atoms with Crippen molar-refractivity contribution < 1.29 is 24.2 Å². The van der Waals surface area contributed by atoms with Gasteiger partial charge in [-0.1, -0.05) is 29.8 Å². The summed E-state index contributed by atoms with van der Waals surface area (Å²) in [7, 11) is 1.47. The van der Waals surface area contributed by atoms with E-state index in [2.05, 4.69) is 28.9 Å². The third-order valence-electron chi connectivity index (χ3n) is 6.54. The molecule has 1 heterocycles. The van der Waals surface area contributed by atoms with Crippen molar-refractivity contribution in [3.8, 4) is 5.75 Å². The number of ether oxygens (including phenoxy) is 1. The fourth-order valence-electron chi connectivity index (χ4n) is 4.32. The molecule has 0 unspecified atom stereocenters. The van der Waals surface area contributed by atoms with E-state index >= 15 is 0 Å². The van der Waals surface area contributed by atoms with Crippen molar-refractivity contribution in [1.29, 1.82) is 0 Å². The van der Waals surface area contributed by atoms with E-state index in [0.717, 1.165) is 28.2 Å². The first kappa shape index (κ1) is 27.2. The van der Waals surface area contributed by atoms with Crippen LogP contribution in [-0.2, 0) is 11.3 Å². The highest BCUT2D eigenvalue weighted by molar-refractivity contribution is 6.31. The number of aryl methyl sites for hydroxylation is 1. The fraction of sp³-hybridized carbons (Fsp3) is 0.276. The number of hydrogen-bond acceptors (Lipinski definition) is 5. The van der Waals surface area contributed by atoms with E-state index in [-0.39, 0.29) is 29.6 Å². The SMILES string of the molecule is CCn1cc(C(=O)COc2cc3ccc(Cl)cc3cc2C(N)=O)c2ccc(C3CC3)cc21.CNC(=O)CO. The third-order valence-corrected chi connectivity index (χ3v) is 6.78. The summed E-state index contributed by atoms with van der Waals surface area (Å²) in [5.74, 6) is -0.180. The van der Waals surface area contributed by atoms with Crippen LogP contribution in [-0.4, -0.2) is 47.5 Å². The van der Waals surface area contributed by atoms with E-state index in [1.165, 1.54) is 25.5 Å². The summed E-state index contributed by atoms with van der Waals surface area (Å²) in [5, 5.41) is 13.3. The topological polar surface area (TPSA) is 124 Å². The van der Waals surface area contributed by atoms with Crippen molar-refractivity contribution in [2.75, 3.05) is 20.3 Å². The monoisotopic (exact) mass is 535 g/mol.